The molecular formula is C20H36N6S. The van der Waals surface area contributed by atoms with Gasteiger partial charge in [-0.2, -0.15) is 5.53 Å². The van der Waals surface area contributed by atoms with Crippen LogP contribution in [0.1, 0.15) is 30.6 Å². The van der Waals surface area contributed by atoms with Crippen molar-refractivity contribution in [3.63, 3.8) is 0 Å². The van der Waals surface area contributed by atoms with Crippen molar-refractivity contribution < 1.29 is 4.28 Å². The molecule has 0 spiro atoms. The first-order valence-electron chi connectivity index (χ1n) is 9.29. The molecule has 0 fully saturated rings. The average molecular weight is 393 g/mol. The molecule has 1 aromatic carbocycles. The van der Waals surface area contributed by atoms with Gasteiger partial charge in [-0.3, -0.25) is 0 Å². The van der Waals surface area contributed by atoms with E-state index in [4.69, 9.17) is 0 Å². The maximum absolute atomic E-state index is 4.46. The molecule has 3 rings (SSSR count). The molecule has 1 atom stereocenters. The summed E-state index contributed by atoms with van der Waals surface area (Å²) < 4.78 is 0. The third kappa shape index (κ3) is 6.69. The molecule has 1 aliphatic rings. The van der Waals surface area contributed by atoms with Crippen LogP contribution in [0.5, 0.6) is 0 Å². The lowest BCUT2D eigenvalue weighted by atomic mass is 10.1. The Balaban J connectivity index is 0. The van der Waals surface area contributed by atoms with E-state index >= 15 is 0 Å². The Labute approximate surface area is 171 Å². The number of hydrazine groups is 2. The van der Waals surface area contributed by atoms with E-state index in [2.05, 4.69) is 69.4 Å². The lowest BCUT2D eigenvalue weighted by Crippen LogP contribution is -2.31. The third-order valence-electron chi connectivity index (χ3n) is 3.94. The van der Waals surface area contributed by atoms with Gasteiger partial charge >= 0.3 is 0 Å². The SMILES string of the molecule is CC.CSc1ccc(NCC(C)CNc2ccc(C3=CNNN3)cn2)cc1.[HH].[HH].[HH]. The zero-order chi connectivity index (χ0) is 19.5. The molecule has 2 heterocycles. The molecule has 1 aliphatic heterocycles. The number of benzene rings is 1. The van der Waals surface area contributed by atoms with Crippen LogP contribution in [0, 0.1) is 5.92 Å². The standard InChI is InChI=1S/C18H24N6S.C2H6.3H2/c1-13(9-19-15-4-6-16(25-2)7-5-15)10-20-18-8-3-14(11-21-18)17-12-22-24-23-17;1-2;;;/h3-8,11-13,19,22-24H,9-10H2,1-2H3,(H,20,21);1-2H3;3*1H. The summed E-state index contributed by atoms with van der Waals surface area (Å²) in [7, 11) is 0. The van der Waals surface area contributed by atoms with Gasteiger partial charge in [0.05, 0.1) is 5.70 Å². The largest absolute Gasteiger partial charge is 0.385 e. The molecule has 27 heavy (non-hydrogen) atoms. The highest BCUT2D eigenvalue weighted by Crippen LogP contribution is 2.18. The van der Waals surface area contributed by atoms with E-state index in [1.165, 1.54) is 4.90 Å². The molecule has 1 aromatic heterocycles. The van der Waals surface area contributed by atoms with Crippen LogP contribution in [0.2, 0.25) is 0 Å². The fourth-order valence-corrected chi connectivity index (χ4v) is 2.82. The van der Waals surface area contributed by atoms with Gasteiger partial charge in [-0.25, -0.2) is 4.98 Å². The van der Waals surface area contributed by atoms with Crippen LogP contribution in [-0.4, -0.2) is 24.3 Å². The monoisotopic (exact) mass is 392 g/mol. The van der Waals surface area contributed by atoms with E-state index < -0.39 is 0 Å². The second-order valence-corrected chi connectivity index (χ2v) is 6.86. The van der Waals surface area contributed by atoms with Gasteiger partial charge in [0, 0.05) is 45.9 Å². The topological polar surface area (TPSA) is 73.0 Å². The summed E-state index contributed by atoms with van der Waals surface area (Å²) in [5, 5.41) is 6.87. The van der Waals surface area contributed by atoms with Gasteiger partial charge in [0.25, 0.3) is 0 Å². The maximum Gasteiger partial charge on any atom is 0.125 e. The Kier molecular flexibility index (Phi) is 8.80. The molecule has 7 heteroatoms. The molecule has 1 unspecified atom stereocenters. The first kappa shape index (κ1) is 20.9. The molecule has 0 saturated heterocycles. The zero-order valence-corrected chi connectivity index (χ0v) is 17.3. The second-order valence-electron chi connectivity index (χ2n) is 5.98. The maximum atomic E-state index is 4.46. The van der Waals surface area contributed by atoms with Crippen molar-refractivity contribution in [1.29, 1.82) is 0 Å². The van der Waals surface area contributed by atoms with Crippen molar-refractivity contribution >= 4 is 29.0 Å². The highest BCUT2D eigenvalue weighted by atomic mass is 32.2. The molecule has 5 N–H and O–H groups in total. The molecular weight excluding hydrogens is 356 g/mol. The van der Waals surface area contributed by atoms with Gasteiger partial charge in [-0.05, 0) is 48.6 Å². The molecule has 0 amide bonds. The van der Waals surface area contributed by atoms with E-state index in [9.17, 15) is 0 Å². The predicted octanol–water partition coefficient (Wildman–Crippen LogP) is 4.64. The molecule has 0 saturated carbocycles. The smallest absolute Gasteiger partial charge is 0.125 e. The van der Waals surface area contributed by atoms with Crippen molar-refractivity contribution in [2.75, 3.05) is 30.0 Å². The molecule has 0 bridgehead atoms. The Morgan fingerprint density at radius 3 is 2.41 bits per heavy atom. The first-order chi connectivity index (χ1) is 13.2. The number of nitrogens with zero attached hydrogens (tertiary/aromatic N) is 1. The van der Waals surface area contributed by atoms with Crippen molar-refractivity contribution in [3.05, 3.63) is 54.4 Å². The van der Waals surface area contributed by atoms with Crippen LogP contribution < -0.4 is 27.0 Å². The number of thioether (sulfide) groups is 1. The number of aromatic nitrogens is 1. The fourth-order valence-electron chi connectivity index (χ4n) is 2.41. The van der Waals surface area contributed by atoms with E-state index in [-0.39, 0.29) is 4.28 Å². The Hall–Kier alpha value is -2.38. The summed E-state index contributed by atoms with van der Waals surface area (Å²) in [6.07, 6.45) is 5.81. The minimum Gasteiger partial charge on any atom is -0.385 e. The average Bonchev–Trinajstić information content (AvgIpc) is 3.28. The Bertz CT molecular complexity index is 713. The number of rotatable bonds is 8. The summed E-state index contributed by atoms with van der Waals surface area (Å²) in [6, 6.07) is 12.6. The van der Waals surface area contributed by atoms with E-state index in [0.29, 0.717) is 5.92 Å². The molecule has 6 nitrogen and oxygen atoms in total. The first-order valence-corrected chi connectivity index (χ1v) is 10.5. The minimum absolute atomic E-state index is 0. The number of anilines is 2. The molecule has 2 aromatic rings. The van der Waals surface area contributed by atoms with E-state index in [0.717, 1.165) is 35.9 Å². The molecule has 152 valence electrons. The summed E-state index contributed by atoms with van der Waals surface area (Å²) >= 11 is 1.76. The number of nitrogens with one attached hydrogen (secondary N) is 5. The van der Waals surface area contributed by atoms with Crippen LogP contribution in [-0.2, 0) is 0 Å². The second kappa shape index (κ2) is 11.4. The highest BCUT2D eigenvalue weighted by molar-refractivity contribution is 7.98. The van der Waals surface area contributed by atoms with Crippen molar-refractivity contribution in [2.24, 2.45) is 5.92 Å². The highest BCUT2D eigenvalue weighted by Gasteiger charge is 2.07. The van der Waals surface area contributed by atoms with Gasteiger partial charge in [-0.15, -0.1) is 11.8 Å². The lowest BCUT2D eigenvalue weighted by molar-refractivity contribution is 0.620. The van der Waals surface area contributed by atoms with E-state index in [1.54, 1.807) is 11.8 Å². The predicted molar refractivity (Wildman–Crippen MR) is 124 cm³/mol. The van der Waals surface area contributed by atoms with Gasteiger partial charge < -0.3 is 21.5 Å². The van der Waals surface area contributed by atoms with Crippen LogP contribution in [0.4, 0.5) is 11.5 Å². The van der Waals surface area contributed by atoms with Crippen LogP contribution >= 0.6 is 11.8 Å². The van der Waals surface area contributed by atoms with Crippen LogP contribution in [0.25, 0.3) is 5.70 Å². The van der Waals surface area contributed by atoms with Crippen molar-refractivity contribution in [3.8, 4) is 0 Å². The Morgan fingerprint density at radius 2 is 1.81 bits per heavy atom. The zero-order valence-electron chi connectivity index (χ0n) is 16.5. The lowest BCUT2D eigenvalue weighted by Gasteiger charge is -2.15. The van der Waals surface area contributed by atoms with Gasteiger partial charge in [-0.1, -0.05) is 20.8 Å². The van der Waals surface area contributed by atoms with E-state index in [1.807, 2.05) is 38.4 Å². The van der Waals surface area contributed by atoms with Crippen molar-refractivity contribution in [2.45, 2.75) is 25.7 Å². The van der Waals surface area contributed by atoms with Crippen LogP contribution in [0.15, 0.2) is 53.7 Å². The fraction of sp³-hybridized carbons (Fsp3) is 0.350. The number of hydrogen-bond donors (Lipinski definition) is 5. The van der Waals surface area contributed by atoms with Gasteiger partial charge in [0.2, 0.25) is 0 Å². The normalized spacial score (nSPS) is 13.4. The molecule has 0 radical (unpaired) electrons. The summed E-state index contributed by atoms with van der Waals surface area (Å²) in [6.45, 7) is 8.00. The summed E-state index contributed by atoms with van der Waals surface area (Å²) in [5.74, 6) is 1.37. The minimum atomic E-state index is 0. The number of hydrogen-bond acceptors (Lipinski definition) is 7. The van der Waals surface area contributed by atoms with Crippen molar-refractivity contribution in [1.82, 2.24) is 21.4 Å². The quantitative estimate of drug-likeness (QED) is 0.419. The molecule has 0 aliphatic carbocycles. The third-order valence-corrected chi connectivity index (χ3v) is 4.68. The van der Waals surface area contributed by atoms with Gasteiger partial charge in [0.15, 0.2) is 0 Å². The summed E-state index contributed by atoms with van der Waals surface area (Å²) in [5.41, 5.74) is 11.9. The van der Waals surface area contributed by atoms with Crippen LogP contribution in [0.3, 0.4) is 0 Å². The van der Waals surface area contributed by atoms with Gasteiger partial charge in [0.1, 0.15) is 5.82 Å². The number of pyridine rings is 1. The Morgan fingerprint density at radius 1 is 1.07 bits per heavy atom. The summed E-state index contributed by atoms with van der Waals surface area (Å²) in [4.78, 5) is 5.74.